The van der Waals surface area contributed by atoms with Crippen LogP contribution >= 0.6 is 0 Å². The molecule has 1 aliphatic rings. The van der Waals surface area contributed by atoms with Crippen LogP contribution in [0.3, 0.4) is 0 Å². The highest BCUT2D eigenvalue weighted by atomic mass is 16.7. The van der Waals surface area contributed by atoms with Gasteiger partial charge >= 0.3 is 23.9 Å². The van der Waals surface area contributed by atoms with Crippen LogP contribution in [0.4, 0.5) is 0 Å². The molecule has 0 aromatic carbocycles. The summed E-state index contributed by atoms with van der Waals surface area (Å²) < 4.78 is 32.0. The van der Waals surface area contributed by atoms with E-state index in [1.807, 2.05) is 0 Å². The van der Waals surface area contributed by atoms with Gasteiger partial charge in [-0.1, -0.05) is 5.16 Å². The first-order valence-electron chi connectivity index (χ1n) is 8.82. The SMILES string of the molecule is CC(=O)OC[C@H]1O[C@@H](c2cc(C)on2)[C@H](OC(C)=O)[C@@H](OC(C)=O)[C@@H]1OC(C)=O. The van der Waals surface area contributed by atoms with E-state index in [2.05, 4.69) is 5.16 Å². The molecule has 1 aliphatic heterocycles. The number of hydrogen-bond donors (Lipinski definition) is 0. The van der Waals surface area contributed by atoms with Crippen molar-refractivity contribution in [3.8, 4) is 0 Å². The molecule has 29 heavy (non-hydrogen) atoms. The molecule has 0 N–H and O–H groups in total. The summed E-state index contributed by atoms with van der Waals surface area (Å²) in [5.74, 6) is -2.20. The number of aryl methyl sites for hydroxylation is 1. The highest BCUT2D eigenvalue weighted by molar-refractivity contribution is 5.68. The average Bonchev–Trinajstić information content (AvgIpc) is 3.01. The molecule has 1 fully saturated rings. The number of nitrogens with zero attached hydrogens (tertiary/aromatic N) is 1. The normalized spacial score (nSPS) is 26.3. The van der Waals surface area contributed by atoms with Crippen LogP contribution in [0.5, 0.6) is 0 Å². The van der Waals surface area contributed by atoms with Crippen LogP contribution in [-0.4, -0.2) is 60.1 Å². The van der Waals surface area contributed by atoms with Crippen molar-refractivity contribution in [1.82, 2.24) is 5.16 Å². The summed E-state index contributed by atoms with van der Waals surface area (Å²) in [6.07, 6.45) is -5.70. The predicted molar refractivity (Wildman–Crippen MR) is 92.1 cm³/mol. The van der Waals surface area contributed by atoms with Crippen molar-refractivity contribution in [2.75, 3.05) is 6.61 Å². The van der Waals surface area contributed by atoms with E-state index in [1.165, 1.54) is 13.8 Å². The second kappa shape index (κ2) is 9.50. The van der Waals surface area contributed by atoms with Crippen LogP contribution in [-0.2, 0) is 42.9 Å². The minimum absolute atomic E-state index is 0.264. The molecule has 0 aliphatic carbocycles. The Kier molecular flexibility index (Phi) is 7.32. The molecule has 0 saturated carbocycles. The van der Waals surface area contributed by atoms with Crippen LogP contribution in [0.2, 0.25) is 0 Å². The predicted octanol–water partition coefficient (Wildman–Crippen LogP) is 0.781. The summed E-state index contributed by atoms with van der Waals surface area (Å²) in [6, 6.07) is 1.56. The summed E-state index contributed by atoms with van der Waals surface area (Å²) in [5.41, 5.74) is 0.264. The fraction of sp³-hybridized carbons (Fsp3) is 0.611. The zero-order valence-electron chi connectivity index (χ0n) is 16.7. The molecular weight excluding hydrogens is 390 g/mol. The average molecular weight is 413 g/mol. The van der Waals surface area contributed by atoms with Crippen molar-refractivity contribution in [2.24, 2.45) is 0 Å². The monoisotopic (exact) mass is 413 g/mol. The van der Waals surface area contributed by atoms with Gasteiger partial charge in [0.1, 0.15) is 30.3 Å². The fourth-order valence-electron chi connectivity index (χ4n) is 2.99. The number of rotatable bonds is 6. The summed E-state index contributed by atoms with van der Waals surface area (Å²) >= 11 is 0. The molecule has 0 radical (unpaired) electrons. The maximum Gasteiger partial charge on any atom is 0.303 e. The van der Waals surface area contributed by atoms with Crippen molar-refractivity contribution in [1.29, 1.82) is 0 Å². The van der Waals surface area contributed by atoms with Crippen molar-refractivity contribution < 1.29 is 47.4 Å². The van der Waals surface area contributed by atoms with E-state index in [-0.39, 0.29) is 12.3 Å². The fourth-order valence-corrected chi connectivity index (χ4v) is 2.99. The van der Waals surface area contributed by atoms with Crippen LogP contribution in [0.1, 0.15) is 45.3 Å². The van der Waals surface area contributed by atoms with Gasteiger partial charge in [-0.3, -0.25) is 19.2 Å². The third kappa shape index (κ3) is 6.01. The van der Waals surface area contributed by atoms with Crippen LogP contribution in [0.25, 0.3) is 0 Å². The Hall–Kier alpha value is -2.95. The van der Waals surface area contributed by atoms with Crippen molar-refractivity contribution in [3.05, 3.63) is 17.5 Å². The number of ether oxygens (including phenoxy) is 5. The Morgan fingerprint density at radius 1 is 0.897 bits per heavy atom. The van der Waals surface area contributed by atoms with E-state index in [1.54, 1.807) is 13.0 Å². The first kappa shape index (κ1) is 22.3. The van der Waals surface area contributed by atoms with E-state index in [0.717, 1.165) is 13.8 Å². The van der Waals surface area contributed by atoms with E-state index < -0.39 is 54.4 Å². The molecule has 11 heteroatoms. The second-order valence-electron chi connectivity index (χ2n) is 6.48. The molecule has 0 bridgehead atoms. The Balaban J connectivity index is 2.49. The maximum atomic E-state index is 11.7. The third-order valence-electron chi connectivity index (χ3n) is 3.93. The second-order valence-corrected chi connectivity index (χ2v) is 6.48. The lowest BCUT2D eigenvalue weighted by Gasteiger charge is -2.43. The summed E-state index contributed by atoms with van der Waals surface area (Å²) in [4.78, 5) is 46.4. The van der Waals surface area contributed by atoms with Crippen molar-refractivity contribution >= 4 is 23.9 Å². The van der Waals surface area contributed by atoms with Gasteiger partial charge in [-0.15, -0.1) is 0 Å². The van der Waals surface area contributed by atoms with Crippen molar-refractivity contribution in [2.45, 2.75) is 65.1 Å². The third-order valence-corrected chi connectivity index (χ3v) is 3.93. The lowest BCUT2D eigenvalue weighted by atomic mass is 9.92. The van der Waals surface area contributed by atoms with E-state index in [4.69, 9.17) is 28.2 Å². The van der Waals surface area contributed by atoms with Gasteiger partial charge < -0.3 is 28.2 Å². The lowest BCUT2D eigenvalue weighted by Crippen LogP contribution is -2.59. The highest BCUT2D eigenvalue weighted by Gasteiger charge is 2.53. The Labute approximate surface area is 166 Å². The largest absolute Gasteiger partial charge is 0.463 e. The molecule has 1 aromatic rings. The Morgan fingerprint density at radius 2 is 1.45 bits per heavy atom. The summed E-state index contributed by atoms with van der Waals surface area (Å²) in [7, 11) is 0. The zero-order chi connectivity index (χ0) is 21.7. The van der Waals surface area contributed by atoms with Gasteiger partial charge in [-0.25, -0.2) is 0 Å². The zero-order valence-corrected chi connectivity index (χ0v) is 16.7. The molecule has 0 spiro atoms. The van der Waals surface area contributed by atoms with Gasteiger partial charge in [0.15, 0.2) is 18.3 Å². The summed E-state index contributed by atoms with van der Waals surface area (Å²) in [6.45, 7) is 6.03. The van der Waals surface area contributed by atoms with E-state index in [0.29, 0.717) is 5.76 Å². The molecule has 2 heterocycles. The number of carbonyl (C=O) groups is 4. The smallest absolute Gasteiger partial charge is 0.303 e. The minimum atomic E-state index is -1.24. The van der Waals surface area contributed by atoms with Gasteiger partial charge in [-0.2, -0.15) is 0 Å². The first-order valence-corrected chi connectivity index (χ1v) is 8.82. The topological polar surface area (TPSA) is 140 Å². The molecular formula is C18H23NO10. The number of aromatic nitrogens is 1. The Bertz CT molecular complexity index is 772. The molecule has 160 valence electrons. The highest BCUT2D eigenvalue weighted by Crippen LogP contribution is 2.37. The molecule has 2 rings (SSSR count). The molecule has 5 atom stereocenters. The summed E-state index contributed by atoms with van der Waals surface area (Å²) in [5, 5.41) is 3.88. The van der Waals surface area contributed by atoms with Crippen LogP contribution in [0, 0.1) is 6.92 Å². The standard InChI is InChI=1S/C18H23NO10/c1-8-6-13(19-29-8)15-17(26-11(4)22)18(27-12(5)23)16(25-10(3)21)14(28-15)7-24-9(2)20/h6,14-18H,7H2,1-5H3/t14-,15+,16-,17+,18+/m1/s1. The molecule has 0 amide bonds. The van der Waals surface area contributed by atoms with Gasteiger partial charge in [0.25, 0.3) is 0 Å². The first-order chi connectivity index (χ1) is 13.6. The minimum Gasteiger partial charge on any atom is -0.463 e. The number of hydrogen-bond acceptors (Lipinski definition) is 11. The quantitative estimate of drug-likeness (QED) is 0.482. The maximum absolute atomic E-state index is 11.7. The van der Waals surface area contributed by atoms with Gasteiger partial charge in [0.2, 0.25) is 0 Å². The van der Waals surface area contributed by atoms with E-state index in [9.17, 15) is 19.2 Å². The van der Waals surface area contributed by atoms with Gasteiger partial charge in [-0.05, 0) is 6.92 Å². The van der Waals surface area contributed by atoms with E-state index >= 15 is 0 Å². The van der Waals surface area contributed by atoms with Gasteiger partial charge in [0.05, 0.1) is 0 Å². The number of esters is 4. The molecule has 1 saturated heterocycles. The molecule has 1 aromatic heterocycles. The van der Waals surface area contributed by atoms with Gasteiger partial charge in [0, 0.05) is 33.8 Å². The van der Waals surface area contributed by atoms with Crippen LogP contribution < -0.4 is 0 Å². The molecule has 11 nitrogen and oxygen atoms in total. The molecule has 0 unspecified atom stereocenters. The Morgan fingerprint density at radius 3 is 1.93 bits per heavy atom. The number of carbonyl (C=O) groups excluding carboxylic acids is 4. The lowest BCUT2D eigenvalue weighted by molar-refractivity contribution is -0.255. The van der Waals surface area contributed by atoms with Crippen LogP contribution in [0.15, 0.2) is 10.6 Å². The van der Waals surface area contributed by atoms with Crippen molar-refractivity contribution in [3.63, 3.8) is 0 Å².